The third-order valence-corrected chi connectivity index (χ3v) is 2.95. The van der Waals surface area contributed by atoms with Crippen molar-refractivity contribution < 1.29 is 9.78 Å². The fourth-order valence-electron chi connectivity index (χ4n) is 1.91. The lowest BCUT2D eigenvalue weighted by atomic mass is 10.1. The molecule has 0 saturated heterocycles. The second-order valence-electron chi connectivity index (χ2n) is 4.52. The first-order valence-corrected chi connectivity index (χ1v) is 7.07. The van der Waals surface area contributed by atoms with Gasteiger partial charge in [-0.1, -0.05) is 71.1 Å². The van der Waals surface area contributed by atoms with Gasteiger partial charge in [-0.2, -0.15) is 0 Å². The Kier molecular flexibility index (Phi) is 14.8. The van der Waals surface area contributed by atoms with Gasteiger partial charge in [0.1, 0.15) is 0 Å². The minimum atomic E-state index is 0.744. The molecule has 0 radical (unpaired) electrons. The SMILES string of the molecule is CCCCCCCCCCCCCOOC. The van der Waals surface area contributed by atoms with E-state index in [0.717, 1.165) is 13.0 Å². The van der Waals surface area contributed by atoms with Crippen LogP contribution in [-0.2, 0) is 9.78 Å². The molecule has 0 bridgehead atoms. The monoisotopic (exact) mass is 230 g/mol. The van der Waals surface area contributed by atoms with Crippen LogP contribution in [0.2, 0.25) is 0 Å². The Morgan fingerprint density at radius 3 is 1.50 bits per heavy atom. The van der Waals surface area contributed by atoms with E-state index in [9.17, 15) is 0 Å². The Hall–Kier alpha value is -0.0800. The van der Waals surface area contributed by atoms with Crippen molar-refractivity contribution >= 4 is 0 Å². The van der Waals surface area contributed by atoms with Crippen molar-refractivity contribution in [1.29, 1.82) is 0 Å². The maximum Gasteiger partial charge on any atom is 0.0822 e. The Labute approximate surface area is 102 Å². The summed E-state index contributed by atoms with van der Waals surface area (Å²) < 4.78 is 0. The molecule has 0 atom stereocenters. The Morgan fingerprint density at radius 1 is 0.625 bits per heavy atom. The molecule has 0 aromatic carbocycles. The van der Waals surface area contributed by atoms with Gasteiger partial charge in [-0.15, -0.1) is 0 Å². The molecule has 0 amide bonds. The lowest BCUT2D eigenvalue weighted by Crippen LogP contribution is -1.92. The van der Waals surface area contributed by atoms with Gasteiger partial charge in [0.25, 0.3) is 0 Å². The van der Waals surface area contributed by atoms with Crippen LogP contribution in [0, 0.1) is 0 Å². The minimum absolute atomic E-state index is 0.744. The van der Waals surface area contributed by atoms with Gasteiger partial charge in [0, 0.05) is 0 Å². The molecule has 0 unspecified atom stereocenters. The van der Waals surface area contributed by atoms with Gasteiger partial charge in [-0.25, -0.2) is 9.78 Å². The first kappa shape index (κ1) is 15.9. The average Bonchev–Trinajstić information content (AvgIpc) is 2.31. The molecule has 98 valence electrons. The summed E-state index contributed by atoms with van der Waals surface area (Å²) in [7, 11) is 1.57. The molecule has 0 spiro atoms. The van der Waals surface area contributed by atoms with Crippen molar-refractivity contribution in [1.82, 2.24) is 0 Å². The van der Waals surface area contributed by atoms with Gasteiger partial charge >= 0.3 is 0 Å². The first-order chi connectivity index (χ1) is 7.91. The fourth-order valence-corrected chi connectivity index (χ4v) is 1.91. The first-order valence-electron chi connectivity index (χ1n) is 7.07. The largest absolute Gasteiger partial charge is 0.240 e. The van der Waals surface area contributed by atoms with E-state index < -0.39 is 0 Å². The summed E-state index contributed by atoms with van der Waals surface area (Å²) in [6, 6.07) is 0. The number of hydrogen-bond acceptors (Lipinski definition) is 2. The third kappa shape index (κ3) is 13.9. The van der Waals surface area contributed by atoms with Crippen LogP contribution < -0.4 is 0 Å². The Morgan fingerprint density at radius 2 is 1.06 bits per heavy atom. The van der Waals surface area contributed by atoms with E-state index in [1.807, 2.05) is 0 Å². The van der Waals surface area contributed by atoms with Crippen molar-refractivity contribution in [3.8, 4) is 0 Å². The minimum Gasteiger partial charge on any atom is -0.240 e. The van der Waals surface area contributed by atoms with Crippen LogP contribution in [0.4, 0.5) is 0 Å². The molecule has 0 fully saturated rings. The predicted molar refractivity (Wildman–Crippen MR) is 69.4 cm³/mol. The number of hydrogen-bond donors (Lipinski definition) is 0. The van der Waals surface area contributed by atoms with Crippen LogP contribution in [-0.4, -0.2) is 13.7 Å². The van der Waals surface area contributed by atoms with Crippen LogP contribution in [0.15, 0.2) is 0 Å². The normalized spacial score (nSPS) is 10.9. The lowest BCUT2D eigenvalue weighted by Gasteiger charge is -2.02. The second kappa shape index (κ2) is 14.9. The molecule has 0 heterocycles. The van der Waals surface area contributed by atoms with Crippen LogP contribution >= 0.6 is 0 Å². The summed E-state index contributed by atoms with van der Waals surface area (Å²) in [5.41, 5.74) is 0. The maximum atomic E-state index is 4.82. The number of rotatable bonds is 13. The standard InChI is InChI=1S/C14H30O2/c1-3-4-5-6-7-8-9-10-11-12-13-14-16-15-2/h3-14H2,1-2H3. The molecule has 0 aliphatic heterocycles. The molecule has 0 N–H and O–H groups in total. The van der Waals surface area contributed by atoms with E-state index in [0.29, 0.717) is 0 Å². The van der Waals surface area contributed by atoms with E-state index in [1.165, 1.54) is 64.2 Å². The molecule has 16 heavy (non-hydrogen) atoms. The zero-order valence-electron chi connectivity index (χ0n) is 11.3. The van der Waals surface area contributed by atoms with Crippen molar-refractivity contribution in [2.75, 3.05) is 13.7 Å². The molecule has 0 aliphatic rings. The topological polar surface area (TPSA) is 18.5 Å². The number of unbranched alkanes of at least 4 members (excludes halogenated alkanes) is 10. The third-order valence-electron chi connectivity index (χ3n) is 2.95. The van der Waals surface area contributed by atoms with Crippen LogP contribution in [0.3, 0.4) is 0 Å². The quantitative estimate of drug-likeness (QED) is 0.255. The zero-order valence-corrected chi connectivity index (χ0v) is 11.3. The molecule has 2 nitrogen and oxygen atoms in total. The molecule has 0 aromatic heterocycles. The van der Waals surface area contributed by atoms with Crippen molar-refractivity contribution in [2.24, 2.45) is 0 Å². The van der Waals surface area contributed by atoms with Gasteiger partial charge in [0.05, 0.1) is 13.7 Å². The van der Waals surface area contributed by atoms with E-state index in [1.54, 1.807) is 7.11 Å². The van der Waals surface area contributed by atoms with Crippen LogP contribution in [0.1, 0.15) is 77.6 Å². The Bertz CT molecular complexity index is 101. The lowest BCUT2D eigenvalue weighted by molar-refractivity contribution is -0.272. The highest BCUT2D eigenvalue weighted by Crippen LogP contribution is 2.11. The molecule has 0 aromatic rings. The Balaban J connectivity index is 2.83. The van der Waals surface area contributed by atoms with Crippen molar-refractivity contribution in [3.63, 3.8) is 0 Å². The van der Waals surface area contributed by atoms with Gasteiger partial charge in [-0.05, 0) is 6.42 Å². The summed E-state index contributed by atoms with van der Waals surface area (Å²) >= 11 is 0. The smallest absolute Gasteiger partial charge is 0.0822 e. The van der Waals surface area contributed by atoms with E-state index in [2.05, 4.69) is 11.8 Å². The predicted octanol–water partition coefficient (Wildman–Crippen LogP) is 4.88. The van der Waals surface area contributed by atoms with Gasteiger partial charge < -0.3 is 0 Å². The van der Waals surface area contributed by atoms with Gasteiger partial charge in [-0.3, -0.25) is 0 Å². The highest BCUT2D eigenvalue weighted by Gasteiger charge is 1.93. The summed E-state index contributed by atoms with van der Waals surface area (Å²) in [5.74, 6) is 0. The maximum absolute atomic E-state index is 4.82. The van der Waals surface area contributed by atoms with Crippen LogP contribution in [0.5, 0.6) is 0 Å². The van der Waals surface area contributed by atoms with E-state index >= 15 is 0 Å². The van der Waals surface area contributed by atoms with E-state index in [4.69, 9.17) is 4.89 Å². The molecule has 2 heteroatoms. The van der Waals surface area contributed by atoms with E-state index in [-0.39, 0.29) is 0 Å². The molecule has 0 saturated carbocycles. The summed E-state index contributed by atoms with van der Waals surface area (Å²) in [6.45, 7) is 3.01. The summed E-state index contributed by atoms with van der Waals surface area (Å²) in [6.07, 6.45) is 15.1. The van der Waals surface area contributed by atoms with Crippen molar-refractivity contribution in [2.45, 2.75) is 77.6 Å². The average molecular weight is 230 g/mol. The highest BCUT2D eigenvalue weighted by atomic mass is 17.2. The van der Waals surface area contributed by atoms with Crippen LogP contribution in [0.25, 0.3) is 0 Å². The second-order valence-corrected chi connectivity index (χ2v) is 4.52. The molecule has 0 rings (SSSR count). The molecular weight excluding hydrogens is 200 g/mol. The zero-order chi connectivity index (χ0) is 11.9. The fraction of sp³-hybridized carbons (Fsp3) is 1.00. The van der Waals surface area contributed by atoms with Gasteiger partial charge in [0.15, 0.2) is 0 Å². The van der Waals surface area contributed by atoms with Gasteiger partial charge in [0.2, 0.25) is 0 Å². The highest BCUT2D eigenvalue weighted by molar-refractivity contribution is 4.47. The van der Waals surface area contributed by atoms with Crippen molar-refractivity contribution in [3.05, 3.63) is 0 Å². The molecular formula is C14H30O2. The summed E-state index contributed by atoms with van der Waals surface area (Å²) in [4.78, 5) is 9.35. The summed E-state index contributed by atoms with van der Waals surface area (Å²) in [5, 5.41) is 0. The molecule has 0 aliphatic carbocycles.